The van der Waals surface area contributed by atoms with Crippen LogP contribution in [0.2, 0.25) is 0 Å². The molecule has 1 saturated heterocycles. The summed E-state index contributed by atoms with van der Waals surface area (Å²) in [5.41, 5.74) is 1.29. The first-order valence-corrected chi connectivity index (χ1v) is 9.93. The molecule has 2 rings (SSSR count). The fourth-order valence-corrected chi connectivity index (χ4v) is 3.57. The Hall–Kier alpha value is -1.69. The zero-order valence-electron chi connectivity index (χ0n) is 15.7. The monoisotopic (exact) mass is 362 g/mol. The number of amides is 1. The summed E-state index contributed by atoms with van der Waals surface area (Å²) in [6.45, 7) is 8.44. The van der Waals surface area contributed by atoms with Gasteiger partial charge in [0.25, 0.3) is 0 Å². The molecule has 1 aliphatic rings. The van der Waals surface area contributed by atoms with Gasteiger partial charge in [-0.25, -0.2) is 0 Å². The summed E-state index contributed by atoms with van der Waals surface area (Å²) in [4.78, 5) is 19.6. The van der Waals surface area contributed by atoms with Gasteiger partial charge >= 0.3 is 0 Å². The average Bonchev–Trinajstić information content (AvgIpc) is 3.06. The molecule has 1 aromatic rings. The largest absolute Gasteiger partial charge is 0.356 e. The van der Waals surface area contributed by atoms with E-state index in [-0.39, 0.29) is 17.9 Å². The number of aliphatic imine (C=N–C) groups is 1. The molecule has 1 aliphatic heterocycles. The number of carbonyl (C=O) groups is 1. The molecule has 0 aromatic heterocycles. The number of benzene rings is 1. The van der Waals surface area contributed by atoms with Crippen LogP contribution in [-0.4, -0.2) is 55.2 Å². The van der Waals surface area contributed by atoms with E-state index in [0.29, 0.717) is 0 Å². The smallest absolute Gasteiger partial charge is 0.225 e. The van der Waals surface area contributed by atoms with Crippen LogP contribution in [0, 0.1) is 12.8 Å². The quantitative estimate of drug-likeness (QED) is 0.353. The Bertz CT molecular complexity index is 586. The third kappa shape index (κ3) is 6.27. The first-order valence-electron chi connectivity index (χ1n) is 8.95. The summed E-state index contributed by atoms with van der Waals surface area (Å²) >= 11 is 1.83. The minimum atomic E-state index is 0.0648. The summed E-state index contributed by atoms with van der Waals surface area (Å²) in [6, 6.07) is 8.87. The number of nitrogens with one attached hydrogen (secondary N) is 2. The van der Waals surface area contributed by atoms with Crippen LogP contribution >= 0.6 is 11.8 Å². The van der Waals surface area contributed by atoms with Crippen LogP contribution in [0.25, 0.3) is 0 Å². The number of guanidine groups is 1. The second kappa shape index (κ2) is 9.70. The van der Waals surface area contributed by atoms with Crippen molar-refractivity contribution in [2.75, 3.05) is 32.4 Å². The number of hydrogen-bond acceptors (Lipinski definition) is 3. The van der Waals surface area contributed by atoms with Crippen LogP contribution in [0.5, 0.6) is 0 Å². The molecule has 1 amide bonds. The van der Waals surface area contributed by atoms with Crippen molar-refractivity contribution in [1.82, 2.24) is 15.5 Å². The summed E-state index contributed by atoms with van der Waals surface area (Å²) in [6.07, 6.45) is 0.970. The van der Waals surface area contributed by atoms with E-state index in [2.05, 4.69) is 46.8 Å². The predicted molar refractivity (Wildman–Crippen MR) is 106 cm³/mol. The summed E-state index contributed by atoms with van der Waals surface area (Å²) < 4.78 is 0. The number of nitrogens with zero attached hydrogens (tertiary/aromatic N) is 2. The van der Waals surface area contributed by atoms with Crippen LogP contribution in [0.15, 0.2) is 34.2 Å². The van der Waals surface area contributed by atoms with Gasteiger partial charge in [-0.15, -0.1) is 11.8 Å². The molecule has 1 fully saturated rings. The fraction of sp³-hybridized carbons (Fsp3) is 0.579. The molecule has 2 N–H and O–H groups in total. The zero-order valence-corrected chi connectivity index (χ0v) is 16.5. The summed E-state index contributed by atoms with van der Waals surface area (Å²) in [5, 5.41) is 6.79. The van der Waals surface area contributed by atoms with Gasteiger partial charge in [-0.3, -0.25) is 9.79 Å². The number of likely N-dealkylation sites (tertiary alicyclic amines) is 1. The van der Waals surface area contributed by atoms with Gasteiger partial charge in [0.1, 0.15) is 0 Å². The number of thioether (sulfide) groups is 1. The van der Waals surface area contributed by atoms with E-state index < -0.39 is 0 Å². The third-order valence-electron chi connectivity index (χ3n) is 4.24. The lowest BCUT2D eigenvalue weighted by Crippen LogP contribution is -2.45. The second-order valence-corrected chi connectivity index (χ2v) is 7.90. The molecule has 0 spiro atoms. The Morgan fingerprint density at radius 2 is 2.08 bits per heavy atom. The van der Waals surface area contributed by atoms with Crippen molar-refractivity contribution in [3.8, 4) is 0 Å². The number of rotatable bonds is 6. The molecule has 138 valence electrons. The standard InChI is InChI=1S/C19H30N4OS/c1-14(2)18(24)23-11-9-16(13-23)22-19(20-4)21-10-12-25-17-7-5-15(3)6-8-17/h5-8,14,16H,9-13H2,1-4H3,(H2,20,21,22). The van der Waals surface area contributed by atoms with E-state index in [4.69, 9.17) is 0 Å². The SMILES string of the molecule is CN=C(NCCSc1ccc(C)cc1)NC1CCN(C(=O)C(C)C)C1. The lowest BCUT2D eigenvalue weighted by atomic mass is 10.2. The van der Waals surface area contributed by atoms with Gasteiger partial charge in [0.2, 0.25) is 5.91 Å². The van der Waals surface area contributed by atoms with E-state index in [9.17, 15) is 4.79 Å². The van der Waals surface area contributed by atoms with Gasteiger partial charge in [0, 0.05) is 49.3 Å². The number of carbonyl (C=O) groups excluding carboxylic acids is 1. The Kier molecular flexibility index (Phi) is 7.62. The topological polar surface area (TPSA) is 56.7 Å². The van der Waals surface area contributed by atoms with E-state index in [0.717, 1.165) is 37.8 Å². The summed E-state index contributed by atoms with van der Waals surface area (Å²) in [5.74, 6) is 2.09. The molecular formula is C19H30N4OS. The minimum absolute atomic E-state index is 0.0648. The van der Waals surface area contributed by atoms with Gasteiger partial charge in [-0.2, -0.15) is 0 Å². The molecule has 0 aliphatic carbocycles. The van der Waals surface area contributed by atoms with Crippen molar-refractivity contribution in [3.05, 3.63) is 29.8 Å². The van der Waals surface area contributed by atoms with E-state index >= 15 is 0 Å². The van der Waals surface area contributed by atoms with Crippen molar-refractivity contribution >= 4 is 23.6 Å². The van der Waals surface area contributed by atoms with E-state index in [1.165, 1.54) is 10.5 Å². The Balaban J connectivity index is 1.69. The van der Waals surface area contributed by atoms with Crippen LogP contribution in [0.1, 0.15) is 25.8 Å². The molecule has 6 heteroatoms. The molecule has 1 aromatic carbocycles. The number of aryl methyl sites for hydroxylation is 1. The zero-order chi connectivity index (χ0) is 18.2. The molecule has 25 heavy (non-hydrogen) atoms. The molecule has 5 nitrogen and oxygen atoms in total. The minimum Gasteiger partial charge on any atom is -0.356 e. The predicted octanol–water partition coefficient (Wildman–Crippen LogP) is 2.51. The normalized spacial score (nSPS) is 17.9. The number of hydrogen-bond donors (Lipinski definition) is 2. The Morgan fingerprint density at radius 3 is 2.72 bits per heavy atom. The molecule has 1 unspecified atom stereocenters. The third-order valence-corrected chi connectivity index (χ3v) is 5.26. The lowest BCUT2D eigenvalue weighted by molar-refractivity contribution is -0.133. The molecule has 1 atom stereocenters. The average molecular weight is 363 g/mol. The van der Waals surface area contributed by atoms with Gasteiger partial charge < -0.3 is 15.5 Å². The highest BCUT2D eigenvalue weighted by atomic mass is 32.2. The van der Waals surface area contributed by atoms with Crippen molar-refractivity contribution in [2.45, 2.75) is 38.1 Å². The Labute approximate surface area is 155 Å². The first-order chi connectivity index (χ1) is 12.0. The molecule has 0 radical (unpaired) electrons. The van der Waals surface area contributed by atoms with Crippen LogP contribution in [0.3, 0.4) is 0 Å². The van der Waals surface area contributed by atoms with E-state index in [1.807, 2.05) is 30.5 Å². The first kappa shape index (κ1) is 19.6. The van der Waals surface area contributed by atoms with E-state index in [1.54, 1.807) is 7.05 Å². The molecular weight excluding hydrogens is 332 g/mol. The molecule has 0 bridgehead atoms. The van der Waals surface area contributed by atoms with Crippen LogP contribution < -0.4 is 10.6 Å². The highest BCUT2D eigenvalue weighted by molar-refractivity contribution is 7.99. The van der Waals surface area contributed by atoms with Gasteiger partial charge in [-0.05, 0) is 25.5 Å². The highest BCUT2D eigenvalue weighted by Gasteiger charge is 2.27. The van der Waals surface area contributed by atoms with Crippen molar-refractivity contribution < 1.29 is 4.79 Å². The van der Waals surface area contributed by atoms with Crippen molar-refractivity contribution in [1.29, 1.82) is 0 Å². The second-order valence-electron chi connectivity index (χ2n) is 6.73. The summed E-state index contributed by atoms with van der Waals surface area (Å²) in [7, 11) is 1.79. The van der Waals surface area contributed by atoms with Crippen LogP contribution in [0.4, 0.5) is 0 Å². The Morgan fingerprint density at radius 1 is 1.36 bits per heavy atom. The highest BCUT2D eigenvalue weighted by Crippen LogP contribution is 2.17. The van der Waals surface area contributed by atoms with Gasteiger partial charge in [0.05, 0.1) is 0 Å². The van der Waals surface area contributed by atoms with Gasteiger partial charge in [-0.1, -0.05) is 31.5 Å². The maximum atomic E-state index is 12.1. The molecule has 0 saturated carbocycles. The van der Waals surface area contributed by atoms with Gasteiger partial charge in [0.15, 0.2) is 5.96 Å². The van der Waals surface area contributed by atoms with Crippen molar-refractivity contribution in [2.24, 2.45) is 10.9 Å². The fourth-order valence-electron chi connectivity index (χ4n) is 2.80. The lowest BCUT2D eigenvalue weighted by Gasteiger charge is -2.20. The molecule has 1 heterocycles. The van der Waals surface area contributed by atoms with Crippen molar-refractivity contribution in [3.63, 3.8) is 0 Å². The maximum absolute atomic E-state index is 12.1. The van der Waals surface area contributed by atoms with Crippen LogP contribution in [-0.2, 0) is 4.79 Å². The maximum Gasteiger partial charge on any atom is 0.225 e.